The smallest absolute Gasteiger partial charge is 0.221 e. The van der Waals surface area contributed by atoms with Gasteiger partial charge in [0.05, 0.1) is 0 Å². The maximum Gasteiger partial charge on any atom is 0.221 e. The summed E-state index contributed by atoms with van der Waals surface area (Å²) in [6, 6.07) is 12.1. The Morgan fingerprint density at radius 3 is 2.88 bits per heavy atom. The van der Waals surface area contributed by atoms with Crippen molar-refractivity contribution >= 4 is 27.9 Å². The topological polar surface area (TPSA) is 49.3 Å². The standard InChI is InChI=1S/C22H21NO2/c1-14(24)23-19-12-10-15-6-2-4-8-17(15)21(19)22-18-9-5-3-7-16(18)11-13-20(22)25/h2-6,8-10,12,16,25H,7,11,13H2,1H3,(H,23,24). The van der Waals surface area contributed by atoms with Crippen molar-refractivity contribution < 1.29 is 9.90 Å². The van der Waals surface area contributed by atoms with Gasteiger partial charge in [-0.1, -0.05) is 48.6 Å². The monoisotopic (exact) mass is 331 g/mol. The van der Waals surface area contributed by atoms with Crippen molar-refractivity contribution in [3.63, 3.8) is 0 Å². The summed E-state index contributed by atoms with van der Waals surface area (Å²) in [5, 5.41) is 15.9. The van der Waals surface area contributed by atoms with Gasteiger partial charge in [-0.3, -0.25) is 4.79 Å². The highest BCUT2D eigenvalue weighted by molar-refractivity contribution is 6.06. The molecule has 0 spiro atoms. The predicted octanol–water partition coefficient (Wildman–Crippen LogP) is 5.36. The highest BCUT2D eigenvalue weighted by Crippen LogP contribution is 2.46. The van der Waals surface area contributed by atoms with E-state index in [1.807, 2.05) is 24.3 Å². The fourth-order valence-electron chi connectivity index (χ4n) is 3.96. The lowest BCUT2D eigenvalue weighted by Gasteiger charge is -2.31. The molecule has 0 saturated heterocycles. The van der Waals surface area contributed by atoms with Gasteiger partial charge in [0.2, 0.25) is 5.91 Å². The number of nitrogens with one attached hydrogen (secondary N) is 1. The summed E-state index contributed by atoms with van der Waals surface area (Å²) in [6.07, 6.45) is 9.00. The molecule has 2 aliphatic carbocycles. The zero-order valence-corrected chi connectivity index (χ0v) is 14.3. The molecule has 0 fully saturated rings. The Morgan fingerprint density at radius 2 is 2.04 bits per heavy atom. The maximum atomic E-state index is 11.7. The van der Waals surface area contributed by atoms with E-state index in [1.165, 1.54) is 12.5 Å². The van der Waals surface area contributed by atoms with E-state index in [0.717, 1.165) is 40.4 Å². The van der Waals surface area contributed by atoms with Crippen molar-refractivity contribution in [2.24, 2.45) is 5.92 Å². The minimum absolute atomic E-state index is 0.110. The molecule has 1 unspecified atom stereocenters. The maximum absolute atomic E-state index is 11.7. The van der Waals surface area contributed by atoms with Crippen LogP contribution in [0.25, 0.3) is 16.3 Å². The molecule has 0 bridgehead atoms. The summed E-state index contributed by atoms with van der Waals surface area (Å²) in [6.45, 7) is 1.51. The van der Waals surface area contributed by atoms with E-state index >= 15 is 0 Å². The summed E-state index contributed by atoms with van der Waals surface area (Å²) in [5.74, 6) is 0.738. The van der Waals surface area contributed by atoms with E-state index in [0.29, 0.717) is 18.1 Å². The molecule has 0 radical (unpaired) electrons. The molecule has 3 nitrogen and oxygen atoms in total. The van der Waals surface area contributed by atoms with Crippen LogP contribution in [0.3, 0.4) is 0 Å². The largest absolute Gasteiger partial charge is 0.512 e. The van der Waals surface area contributed by atoms with Gasteiger partial charge in [-0.25, -0.2) is 0 Å². The molecule has 1 atom stereocenters. The first-order valence-corrected chi connectivity index (χ1v) is 8.74. The Labute approximate surface area is 147 Å². The van der Waals surface area contributed by atoms with Gasteiger partial charge in [0, 0.05) is 30.2 Å². The van der Waals surface area contributed by atoms with Gasteiger partial charge in [-0.05, 0) is 41.2 Å². The number of fused-ring (bicyclic) bond motifs is 2. The summed E-state index contributed by atoms with van der Waals surface area (Å²) in [5.41, 5.74) is 3.75. The van der Waals surface area contributed by atoms with Gasteiger partial charge in [-0.15, -0.1) is 0 Å². The van der Waals surface area contributed by atoms with Crippen molar-refractivity contribution in [2.45, 2.75) is 26.2 Å². The highest BCUT2D eigenvalue weighted by atomic mass is 16.3. The van der Waals surface area contributed by atoms with Crippen LogP contribution in [0.5, 0.6) is 0 Å². The third-order valence-electron chi connectivity index (χ3n) is 5.07. The number of carbonyl (C=O) groups is 1. The lowest BCUT2D eigenvalue weighted by molar-refractivity contribution is -0.114. The Bertz CT molecular complexity index is 950. The molecule has 25 heavy (non-hydrogen) atoms. The molecule has 2 aromatic carbocycles. The van der Waals surface area contributed by atoms with Gasteiger partial charge in [0.1, 0.15) is 5.76 Å². The zero-order valence-electron chi connectivity index (χ0n) is 14.3. The molecule has 0 saturated carbocycles. The predicted molar refractivity (Wildman–Crippen MR) is 102 cm³/mol. The number of rotatable bonds is 2. The molecule has 2 aromatic rings. The normalized spacial score (nSPS) is 19.6. The number of benzene rings is 2. The van der Waals surface area contributed by atoms with Crippen LogP contribution >= 0.6 is 0 Å². The SMILES string of the molecule is CC(=O)Nc1ccc2ccccc2c1C1=C(O)CCC2CC=CC=C12. The molecule has 126 valence electrons. The van der Waals surface area contributed by atoms with Crippen molar-refractivity contribution in [1.82, 2.24) is 0 Å². The molecule has 4 rings (SSSR count). The second-order valence-corrected chi connectivity index (χ2v) is 6.73. The molecular weight excluding hydrogens is 310 g/mol. The average molecular weight is 331 g/mol. The van der Waals surface area contributed by atoms with Gasteiger partial charge < -0.3 is 10.4 Å². The highest BCUT2D eigenvalue weighted by Gasteiger charge is 2.29. The number of allylic oxidation sites excluding steroid dienone is 6. The van der Waals surface area contributed by atoms with Gasteiger partial charge in [-0.2, -0.15) is 0 Å². The second kappa shape index (κ2) is 6.25. The quantitative estimate of drug-likeness (QED) is 0.778. The number of amides is 1. The molecule has 1 amide bonds. The minimum Gasteiger partial charge on any atom is -0.512 e. The number of hydrogen-bond donors (Lipinski definition) is 2. The third kappa shape index (κ3) is 2.76. The Kier molecular flexibility index (Phi) is 3.92. The van der Waals surface area contributed by atoms with Crippen LogP contribution in [0.1, 0.15) is 31.7 Å². The van der Waals surface area contributed by atoms with E-state index < -0.39 is 0 Å². The van der Waals surface area contributed by atoms with Crippen LogP contribution in [-0.2, 0) is 4.79 Å². The molecule has 0 aromatic heterocycles. The molecule has 3 heteroatoms. The second-order valence-electron chi connectivity index (χ2n) is 6.73. The first-order valence-electron chi connectivity index (χ1n) is 8.74. The van der Waals surface area contributed by atoms with Crippen LogP contribution in [-0.4, -0.2) is 11.0 Å². The van der Waals surface area contributed by atoms with Crippen LogP contribution in [0.2, 0.25) is 0 Å². The molecular formula is C22H21NO2. The van der Waals surface area contributed by atoms with E-state index in [9.17, 15) is 9.90 Å². The number of anilines is 1. The van der Waals surface area contributed by atoms with Gasteiger partial charge >= 0.3 is 0 Å². The van der Waals surface area contributed by atoms with E-state index in [4.69, 9.17) is 0 Å². The van der Waals surface area contributed by atoms with Gasteiger partial charge in [0.15, 0.2) is 0 Å². The van der Waals surface area contributed by atoms with Crippen molar-refractivity contribution in [1.29, 1.82) is 0 Å². The average Bonchev–Trinajstić information content (AvgIpc) is 2.62. The van der Waals surface area contributed by atoms with E-state index in [2.05, 4.69) is 35.7 Å². The Hall–Kier alpha value is -2.81. The fraction of sp³-hybridized carbons (Fsp3) is 0.227. The van der Waals surface area contributed by atoms with Crippen LogP contribution < -0.4 is 5.32 Å². The summed E-state index contributed by atoms with van der Waals surface area (Å²) >= 11 is 0. The first kappa shape index (κ1) is 15.7. The Morgan fingerprint density at radius 1 is 1.20 bits per heavy atom. The molecule has 0 heterocycles. The summed E-state index contributed by atoms with van der Waals surface area (Å²) in [4.78, 5) is 11.7. The van der Waals surface area contributed by atoms with E-state index in [1.54, 1.807) is 0 Å². The molecule has 2 aliphatic rings. The lowest BCUT2D eigenvalue weighted by Crippen LogP contribution is -2.17. The number of hydrogen-bond acceptors (Lipinski definition) is 2. The van der Waals surface area contributed by atoms with Crippen molar-refractivity contribution in [2.75, 3.05) is 5.32 Å². The van der Waals surface area contributed by atoms with E-state index in [-0.39, 0.29) is 5.91 Å². The fourth-order valence-corrected chi connectivity index (χ4v) is 3.96. The first-order chi connectivity index (χ1) is 12.1. The number of aliphatic hydroxyl groups is 1. The Balaban J connectivity index is 2.02. The van der Waals surface area contributed by atoms with Crippen molar-refractivity contribution in [3.8, 4) is 0 Å². The zero-order chi connectivity index (χ0) is 17.4. The lowest BCUT2D eigenvalue weighted by atomic mass is 9.75. The molecule has 0 aliphatic heterocycles. The van der Waals surface area contributed by atoms with Crippen LogP contribution in [0, 0.1) is 5.92 Å². The molecule has 2 N–H and O–H groups in total. The van der Waals surface area contributed by atoms with Gasteiger partial charge in [0.25, 0.3) is 0 Å². The summed E-state index contributed by atoms with van der Waals surface area (Å²) in [7, 11) is 0. The number of aliphatic hydroxyl groups excluding tert-OH is 1. The minimum atomic E-state index is -0.110. The summed E-state index contributed by atoms with van der Waals surface area (Å²) < 4.78 is 0. The van der Waals surface area contributed by atoms with Crippen molar-refractivity contribution in [3.05, 3.63) is 71.5 Å². The van der Waals surface area contributed by atoms with Crippen LogP contribution in [0.4, 0.5) is 5.69 Å². The number of carbonyl (C=O) groups excluding carboxylic acids is 1. The third-order valence-corrected chi connectivity index (χ3v) is 5.07. The van der Waals surface area contributed by atoms with Crippen LogP contribution in [0.15, 0.2) is 66.0 Å².